The van der Waals surface area contributed by atoms with Crippen molar-refractivity contribution in [3.63, 3.8) is 0 Å². The molecular weight excluding hydrogens is 324 g/mol. The number of rotatable bonds is 8. The number of hydrogen-bond donors (Lipinski definition) is 1. The van der Waals surface area contributed by atoms with Crippen LogP contribution in [0.2, 0.25) is 0 Å². The van der Waals surface area contributed by atoms with E-state index >= 15 is 0 Å². The zero-order valence-corrected chi connectivity index (χ0v) is 15.9. The van der Waals surface area contributed by atoms with E-state index in [1.165, 1.54) is 0 Å². The molecule has 26 heavy (non-hydrogen) atoms. The number of benzene rings is 2. The van der Waals surface area contributed by atoms with Crippen molar-refractivity contribution < 1.29 is 9.59 Å². The molecule has 0 heterocycles. The molecule has 0 saturated heterocycles. The van der Waals surface area contributed by atoms with E-state index in [0.29, 0.717) is 19.5 Å². The Balaban J connectivity index is 2.18. The van der Waals surface area contributed by atoms with Gasteiger partial charge in [-0.2, -0.15) is 0 Å². The van der Waals surface area contributed by atoms with Gasteiger partial charge in [0, 0.05) is 13.1 Å². The van der Waals surface area contributed by atoms with Crippen LogP contribution in [-0.2, 0) is 22.6 Å². The number of nitrogens with one attached hydrogen (secondary N) is 1. The van der Waals surface area contributed by atoms with Crippen LogP contribution in [0, 0.1) is 6.92 Å². The molecule has 1 atom stereocenters. The highest BCUT2D eigenvalue weighted by molar-refractivity contribution is 5.88. The van der Waals surface area contributed by atoms with Crippen LogP contribution >= 0.6 is 0 Å². The minimum atomic E-state index is -0.515. The van der Waals surface area contributed by atoms with E-state index in [2.05, 4.69) is 5.32 Å². The Morgan fingerprint density at radius 1 is 1.04 bits per heavy atom. The van der Waals surface area contributed by atoms with Gasteiger partial charge in [0.15, 0.2) is 0 Å². The Bertz CT molecular complexity index is 728. The van der Waals surface area contributed by atoms with Crippen LogP contribution in [0.3, 0.4) is 0 Å². The first-order valence-corrected chi connectivity index (χ1v) is 9.18. The molecule has 0 aliphatic carbocycles. The molecule has 1 unspecified atom stereocenters. The summed E-state index contributed by atoms with van der Waals surface area (Å²) in [6, 6.07) is 17.2. The topological polar surface area (TPSA) is 49.4 Å². The maximum Gasteiger partial charge on any atom is 0.242 e. The van der Waals surface area contributed by atoms with Crippen molar-refractivity contribution >= 4 is 11.8 Å². The lowest BCUT2D eigenvalue weighted by Gasteiger charge is -2.29. The molecule has 4 nitrogen and oxygen atoms in total. The first-order valence-electron chi connectivity index (χ1n) is 9.18. The SMILES string of the molecule is CCCNC(=O)C(C)N(Cc1ccccc1)C(=O)Cc1cccc(C)c1. The van der Waals surface area contributed by atoms with Crippen molar-refractivity contribution in [1.82, 2.24) is 10.2 Å². The first kappa shape index (κ1) is 19.7. The molecular formula is C22H28N2O2. The Labute approximate surface area is 156 Å². The van der Waals surface area contributed by atoms with Gasteiger partial charge >= 0.3 is 0 Å². The summed E-state index contributed by atoms with van der Waals surface area (Å²) >= 11 is 0. The van der Waals surface area contributed by atoms with Crippen LogP contribution in [0.1, 0.15) is 37.0 Å². The fraction of sp³-hybridized carbons (Fsp3) is 0.364. The molecule has 0 fully saturated rings. The highest BCUT2D eigenvalue weighted by Crippen LogP contribution is 2.13. The highest BCUT2D eigenvalue weighted by Gasteiger charge is 2.25. The van der Waals surface area contributed by atoms with Crippen LogP contribution in [-0.4, -0.2) is 29.3 Å². The summed E-state index contributed by atoms with van der Waals surface area (Å²) in [5, 5.41) is 2.89. The van der Waals surface area contributed by atoms with Gasteiger partial charge in [-0.05, 0) is 31.4 Å². The first-order chi connectivity index (χ1) is 12.5. The van der Waals surface area contributed by atoms with Gasteiger partial charge in [0.1, 0.15) is 6.04 Å². The fourth-order valence-electron chi connectivity index (χ4n) is 2.86. The molecule has 2 aromatic rings. The van der Waals surface area contributed by atoms with Crippen molar-refractivity contribution in [2.45, 2.75) is 46.2 Å². The van der Waals surface area contributed by atoms with E-state index < -0.39 is 6.04 Å². The summed E-state index contributed by atoms with van der Waals surface area (Å²) in [4.78, 5) is 27.1. The summed E-state index contributed by atoms with van der Waals surface area (Å²) in [5.41, 5.74) is 3.10. The Morgan fingerprint density at radius 2 is 1.73 bits per heavy atom. The molecule has 138 valence electrons. The maximum atomic E-state index is 13.0. The average Bonchev–Trinajstić information content (AvgIpc) is 2.64. The van der Waals surface area contributed by atoms with Gasteiger partial charge in [0.25, 0.3) is 0 Å². The maximum absolute atomic E-state index is 13.0. The Kier molecular flexibility index (Phi) is 7.39. The monoisotopic (exact) mass is 352 g/mol. The van der Waals surface area contributed by atoms with Crippen molar-refractivity contribution in [1.29, 1.82) is 0 Å². The zero-order chi connectivity index (χ0) is 18.9. The van der Waals surface area contributed by atoms with Gasteiger partial charge in [-0.15, -0.1) is 0 Å². The van der Waals surface area contributed by atoms with Crippen LogP contribution in [0.25, 0.3) is 0 Å². The van der Waals surface area contributed by atoms with Gasteiger partial charge in [0.2, 0.25) is 11.8 Å². The smallest absolute Gasteiger partial charge is 0.242 e. The number of carbonyl (C=O) groups is 2. The molecule has 0 aromatic heterocycles. The molecule has 4 heteroatoms. The number of aryl methyl sites for hydroxylation is 1. The van der Waals surface area contributed by atoms with Crippen LogP contribution in [0.5, 0.6) is 0 Å². The standard InChI is InChI=1S/C22H28N2O2/c1-4-13-23-22(26)18(3)24(16-19-10-6-5-7-11-19)21(25)15-20-12-8-9-17(2)14-20/h5-12,14,18H,4,13,15-16H2,1-3H3,(H,23,26). The van der Waals surface area contributed by atoms with Crippen molar-refractivity contribution in [2.24, 2.45) is 0 Å². The lowest BCUT2D eigenvalue weighted by Crippen LogP contribution is -2.48. The second-order valence-electron chi connectivity index (χ2n) is 6.64. The number of hydrogen-bond acceptors (Lipinski definition) is 2. The predicted molar refractivity (Wildman–Crippen MR) is 105 cm³/mol. The number of carbonyl (C=O) groups excluding carboxylic acids is 2. The molecule has 2 rings (SSSR count). The third-order valence-electron chi connectivity index (χ3n) is 4.35. The lowest BCUT2D eigenvalue weighted by molar-refractivity contribution is -0.140. The summed E-state index contributed by atoms with van der Waals surface area (Å²) < 4.78 is 0. The van der Waals surface area contributed by atoms with Gasteiger partial charge < -0.3 is 10.2 Å². The summed E-state index contributed by atoms with van der Waals surface area (Å²) in [6.07, 6.45) is 1.16. The summed E-state index contributed by atoms with van der Waals surface area (Å²) in [5.74, 6) is -0.154. The van der Waals surface area contributed by atoms with Crippen LogP contribution in [0.15, 0.2) is 54.6 Å². The molecule has 1 N–H and O–H groups in total. The largest absolute Gasteiger partial charge is 0.354 e. The molecule has 0 spiro atoms. The van der Waals surface area contributed by atoms with Crippen molar-refractivity contribution in [2.75, 3.05) is 6.54 Å². The normalized spacial score (nSPS) is 11.7. The van der Waals surface area contributed by atoms with E-state index in [9.17, 15) is 9.59 Å². The Morgan fingerprint density at radius 3 is 2.38 bits per heavy atom. The van der Waals surface area contributed by atoms with Gasteiger partial charge in [0.05, 0.1) is 6.42 Å². The van der Waals surface area contributed by atoms with E-state index in [1.54, 1.807) is 11.8 Å². The third-order valence-corrected chi connectivity index (χ3v) is 4.35. The predicted octanol–water partition coefficient (Wildman–Crippen LogP) is 3.48. The molecule has 0 aliphatic heterocycles. The van der Waals surface area contributed by atoms with Gasteiger partial charge in [-0.3, -0.25) is 9.59 Å². The van der Waals surface area contributed by atoms with Crippen molar-refractivity contribution in [3.05, 3.63) is 71.3 Å². The second kappa shape index (κ2) is 9.76. The highest BCUT2D eigenvalue weighted by atomic mass is 16.2. The molecule has 0 aliphatic rings. The zero-order valence-electron chi connectivity index (χ0n) is 15.9. The summed E-state index contributed by atoms with van der Waals surface area (Å²) in [7, 11) is 0. The second-order valence-corrected chi connectivity index (χ2v) is 6.64. The molecule has 0 bridgehead atoms. The molecule has 2 aromatic carbocycles. The van der Waals surface area contributed by atoms with Crippen LogP contribution < -0.4 is 5.32 Å². The summed E-state index contributed by atoms with van der Waals surface area (Å²) in [6.45, 7) is 6.86. The minimum Gasteiger partial charge on any atom is -0.354 e. The van der Waals surface area contributed by atoms with E-state index in [4.69, 9.17) is 0 Å². The van der Waals surface area contributed by atoms with E-state index in [-0.39, 0.29) is 11.8 Å². The van der Waals surface area contributed by atoms with E-state index in [0.717, 1.165) is 23.1 Å². The number of nitrogens with zero attached hydrogens (tertiary/aromatic N) is 1. The average molecular weight is 352 g/mol. The molecule has 2 amide bonds. The fourth-order valence-corrected chi connectivity index (χ4v) is 2.86. The Hall–Kier alpha value is -2.62. The minimum absolute atomic E-state index is 0.0430. The van der Waals surface area contributed by atoms with Crippen molar-refractivity contribution in [3.8, 4) is 0 Å². The quantitative estimate of drug-likeness (QED) is 0.791. The lowest BCUT2D eigenvalue weighted by atomic mass is 10.1. The third kappa shape index (κ3) is 5.73. The number of amides is 2. The van der Waals surface area contributed by atoms with Crippen LogP contribution in [0.4, 0.5) is 0 Å². The van der Waals surface area contributed by atoms with Gasteiger partial charge in [-0.1, -0.05) is 67.1 Å². The molecule has 0 radical (unpaired) electrons. The van der Waals surface area contributed by atoms with E-state index in [1.807, 2.05) is 68.4 Å². The van der Waals surface area contributed by atoms with Gasteiger partial charge in [-0.25, -0.2) is 0 Å². The molecule has 0 saturated carbocycles.